The van der Waals surface area contributed by atoms with Crippen molar-refractivity contribution in [2.45, 2.75) is 24.0 Å². The zero-order valence-electron chi connectivity index (χ0n) is 9.40. The van der Waals surface area contributed by atoms with Crippen molar-refractivity contribution in [3.63, 3.8) is 0 Å². The van der Waals surface area contributed by atoms with E-state index in [0.717, 1.165) is 5.56 Å². The molecule has 18 heavy (non-hydrogen) atoms. The summed E-state index contributed by atoms with van der Waals surface area (Å²) in [6, 6.07) is 2.82. The van der Waals surface area contributed by atoms with E-state index in [1.165, 1.54) is 29.0 Å². The van der Waals surface area contributed by atoms with Crippen LogP contribution in [-0.2, 0) is 10.0 Å². The van der Waals surface area contributed by atoms with Crippen LogP contribution in [0.4, 0.5) is 13.2 Å². The zero-order valence-corrected chi connectivity index (χ0v) is 10.2. The highest BCUT2D eigenvalue weighted by Crippen LogP contribution is 2.21. The standard InChI is InChI=1S/C10H12F3NO3S/c1-7-2-4-8(5-3-7)18(16,17)14-9(6-15)10(11,12)13/h2-5,9,14-15H,6H2,1H3. The van der Waals surface area contributed by atoms with Crippen LogP contribution in [0.2, 0.25) is 0 Å². The lowest BCUT2D eigenvalue weighted by Crippen LogP contribution is -2.47. The van der Waals surface area contributed by atoms with Gasteiger partial charge in [0.15, 0.2) is 0 Å². The first-order valence-corrected chi connectivity index (χ1v) is 6.41. The highest BCUT2D eigenvalue weighted by Gasteiger charge is 2.41. The number of aryl methyl sites for hydroxylation is 1. The van der Waals surface area contributed by atoms with E-state index in [9.17, 15) is 21.6 Å². The maximum atomic E-state index is 12.3. The monoisotopic (exact) mass is 283 g/mol. The molecule has 0 saturated heterocycles. The van der Waals surface area contributed by atoms with Crippen molar-refractivity contribution in [3.8, 4) is 0 Å². The molecule has 0 aromatic heterocycles. The maximum absolute atomic E-state index is 12.3. The van der Waals surface area contributed by atoms with Crippen molar-refractivity contribution in [2.75, 3.05) is 6.61 Å². The average Bonchev–Trinajstić information content (AvgIpc) is 2.25. The Kier molecular flexibility index (Phi) is 4.36. The molecule has 0 amide bonds. The van der Waals surface area contributed by atoms with Crippen molar-refractivity contribution < 1.29 is 26.7 Å². The second-order valence-electron chi connectivity index (χ2n) is 3.71. The number of benzene rings is 1. The Labute approximate surface area is 102 Å². The van der Waals surface area contributed by atoms with Gasteiger partial charge in [-0.15, -0.1) is 0 Å². The molecule has 8 heteroatoms. The highest BCUT2D eigenvalue weighted by atomic mass is 32.2. The molecule has 0 aliphatic carbocycles. The number of hydrogen-bond acceptors (Lipinski definition) is 3. The first-order valence-electron chi connectivity index (χ1n) is 4.93. The summed E-state index contributed by atoms with van der Waals surface area (Å²) < 4.78 is 61.7. The van der Waals surface area contributed by atoms with Crippen LogP contribution in [0.15, 0.2) is 29.2 Å². The summed E-state index contributed by atoms with van der Waals surface area (Å²) in [6.45, 7) is 0.366. The molecule has 1 aromatic rings. The van der Waals surface area contributed by atoms with Crippen molar-refractivity contribution >= 4 is 10.0 Å². The van der Waals surface area contributed by atoms with Gasteiger partial charge in [-0.25, -0.2) is 8.42 Å². The fourth-order valence-electron chi connectivity index (χ4n) is 1.18. The molecule has 0 aliphatic rings. The Morgan fingerprint density at radius 1 is 1.28 bits per heavy atom. The third kappa shape index (κ3) is 3.69. The molecule has 0 radical (unpaired) electrons. The predicted octanol–water partition coefficient (Wildman–Crippen LogP) is 1.20. The van der Waals surface area contributed by atoms with Crippen LogP contribution in [0.1, 0.15) is 5.56 Å². The van der Waals surface area contributed by atoms with Crippen LogP contribution < -0.4 is 4.72 Å². The summed E-state index contributed by atoms with van der Waals surface area (Å²) in [5.41, 5.74) is 0.781. The molecule has 0 fully saturated rings. The van der Waals surface area contributed by atoms with Gasteiger partial charge in [0.2, 0.25) is 10.0 Å². The predicted molar refractivity (Wildman–Crippen MR) is 58.4 cm³/mol. The van der Waals surface area contributed by atoms with Crippen LogP contribution in [0.5, 0.6) is 0 Å². The number of nitrogens with one attached hydrogen (secondary N) is 1. The second-order valence-corrected chi connectivity index (χ2v) is 5.43. The van der Waals surface area contributed by atoms with Crippen LogP contribution in [0, 0.1) is 6.92 Å². The van der Waals surface area contributed by atoms with Crippen LogP contribution in [-0.4, -0.2) is 32.3 Å². The number of hydrogen-bond donors (Lipinski definition) is 2. The third-order valence-corrected chi connectivity index (χ3v) is 3.69. The van der Waals surface area contributed by atoms with Crippen molar-refractivity contribution in [1.82, 2.24) is 4.72 Å². The topological polar surface area (TPSA) is 66.4 Å². The molecule has 1 aromatic carbocycles. The second kappa shape index (κ2) is 5.25. The molecule has 1 atom stereocenters. The van der Waals surface area contributed by atoms with E-state index in [1.54, 1.807) is 6.92 Å². The van der Waals surface area contributed by atoms with E-state index < -0.39 is 28.8 Å². The quantitative estimate of drug-likeness (QED) is 0.872. The van der Waals surface area contributed by atoms with E-state index in [4.69, 9.17) is 5.11 Å². The Hall–Kier alpha value is -1.12. The van der Waals surface area contributed by atoms with Gasteiger partial charge >= 0.3 is 6.18 Å². The molecule has 0 aliphatic heterocycles. The lowest BCUT2D eigenvalue weighted by Gasteiger charge is -2.19. The summed E-state index contributed by atoms with van der Waals surface area (Å²) in [6.07, 6.45) is -4.84. The molecule has 0 saturated carbocycles. The minimum atomic E-state index is -4.84. The minimum absolute atomic E-state index is 0.282. The molecular weight excluding hydrogens is 271 g/mol. The van der Waals surface area contributed by atoms with Gasteiger partial charge in [-0.2, -0.15) is 17.9 Å². The van der Waals surface area contributed by atoms with Crippen LogP contribution in [0.3, 0.4) is 0 Å². The molecule has 0 spiro atoms. The number of alkyl halides is 3. The van der Waals surface area contributed by atoms with Crippen molar-refractivity contribution in [3.05, 3.63) is 29.8 Å². The van der Waals surface area contributed by atoms with Gasteiger partial charge in [0, 0.05) is 0 Å². The molecular formula is C10H12F3NO3S. The van der Waals surface area contributed by atoms with Crippen LogP contribution in [0.25, 0.3) is 0 Å². The normalized spacial score (nSPS) is 14.5. The number of sulfonamides is 1. The van der Waals surface area contributed by atoms with E-state index in [1.807, 2.05) is 0 Å². The summed E-state index contributed by atoms with van der Waals surface area (Å²) >= 11 is 0. The molecule has 2 N–H and O–H groups in total. The van der Waals surface area contributed by atoms with Gasteiger partial charge in [0.1, 0.15) is 6.04 Å². The molecule has 0 bridgehead atoms. The maximum Gasteiger partial charge on any atom is 0.407 e. The number of rotatable bonds is 4. The first-order chi connectivity index (χ1) is 8.16. The lowest BCUT2D eigenvalue weighted by atomic mass is 10.2. The Morgan fingerprint density at radius 3 is 2.17 bits per heavy atom. The molecule has 1 rings (SSSR count). The average molecular weight is 283 g/mol. The fraction of sp³-hybridized carbons (Fsp3) is 0.400. The van der Waals surface area contributed by atoms with E-state index in [0.29, 0.717) is 0 Å². The summed E-state index contributed by atoms with van der Waals surface area (Å²) in [4.78, 5) is -0.282. The summed E-state index contributed by atoms with van der Waals surface area (Å²) in [5.74, 6) is 0. The van der Waals surface area contributed by atoms with Gasteiger partial charge in [-0.3, -0.25) is 0 Å². The fourth-order valence-corrected chi connectivity index (χ4v) is 2.39. The Morgan fingerprint density at radius 2 is 1.78 bits per heavy atom. The van der Waals surface area contributed by atoms with Gasteiger partial charge in [0.25, 0.3) is 0 Å². The highest BCUT2D eigenvalue weighted by molar-refractivity contribution is 7.89. The van der Waals surface area contributed by atoms with E-state index in [2.05, 4.69) is 0 Å². The minimum Gasteiger partial charge on any atom is -0.394 e. The Bertz CT molecular complexity index is 496. The lowest BCUT2D eigenvalue weighted by molar-refractivity contribution is -0.158. The van der Waals surface area contributed by atoms with E-state index in [-0.39, 0.29) is 4.90 Å². The first kappa shape index (κ1) is 14.9. The Balaban J connectivity index is 2.98. The molecule has 102 valence electrons. The number of aliphatic hydroxyl groups excluding tert-OH is 1. The molecule has 1 unspecified atom stereocenters. The smallest absolute Gasteiger partial charge is 0.394 e. The zero-order chi connectivity index (χ0) is 14.0. The van der Waals surface area contributed by atoms with Crippen molar-refractivity contribution in [1.29, 1.82) is 0 Å². The summed E-state index contributed by atoms with van der Waals surface area (Å²) in [5, 5.41) is 8.57. The van der Waals surface area contributed by atoms with Crippen molar-refractivity contribution in [2.24, 2.45) is 0 Å². The van der Waals surface area contributed by atoms with Gasteiger partial charge < -0.3 is 5.11 Å². The SMILES string of the molecule is Cc1ccc(S(=O)(=O)NC(CO)C(F)(F)F)cc1. The summed E-state index contributed by atoms with van der Waals surface area (Å²) in [7, 11) is -4.30. The third-order valence-electron chi connectivity index (χ3n) is 2.21. The molecule has 0 heterocycles. The number of halogens is 3. The van der Waals surface area contributed by atoms with Gasteiger partial charge in [-0.1, -0.05) is 17.7 Å². The van der Waals surface area contributed by atoms with Gasteiger partial charge in [0.05, 0.1) is 11.5 Å². The van der Waals surface area contributed by atoms with Crippen LogP contribution >= 0.6 is 0 Å². The molecule has 4 nitrogen and oxygen atoms in total. The number of aliphatic hydroxyl groups is 1. The van der Waals surface area contributed by atoms with E-state index >= 15 is 0 Å². The van der Waals surface area contributed by atoms with Gasteiger partial charge in [-0.05, 0) is 19.1 Å². The largest absolute Gasteiger partial charge is 0.407 e.